The Hall–Kier alpha value is -3.87. The fraction of sp³-hybridized carbons (Fsp3) is 0.136. The Kier molecular flexibility index (Phi) is 6.42. The molecule has 0 N–H and O–H groups in total. The van der Waals surface area contributed by atoms with Crippen LogP contribution in [0.1, 0.15) is 21.5 Å². The van der Waals surface area contributed by atoms with Crippen LogP contribution in [0.25, 0.3) is 0 Å². The molecular formula is C22H20N2O5. The molecule has 0 aliphatic heterocycles. The van der Waals surface area contributed by atoms with Gasteiger partial charge in [-0.15, -0.1) is 0 Å². The highest BCUT2D eigenvalue weighted by Gasteiger charge is 2.19. The fourth-order valence-corrected chi connectivity index (χ4v) is 2.71. The molecule has 1 heterocycles. The fourth-order valence-electron chi connectivity index (χ4n) is 2.71. The summed E-state index contributed by atoms with van der Waals surface area (Å²) < 4.78 is 15.8. The number of benzene rings is 2. The Bertz CT molecular complexity index is 938. The molecule has 0 bridgehead atoms. The minimum atomic E-state index is -0.665. The van der Waals surface area contributed by atoms with Crippen molar-refractivity contribution in [3.05, 3.63) is 83.7 Å². The number of aromatic nitrogens is 1. The Balaban J connectivity index is 1.95. The van der Waals surface area contributed by atoms with Crippen LogP contribution in [-0.2, 0) is 4.84 Å². The topological polar surface area (TPSA) is 79.2 Å². The lowest BCUT2D eigenvalue weighted by atomic mass is 10.0. The zero-order chi connectivity index (χ0) is 20.6. The first-order valence-corrected chi connectivity index (χ1v) is 8.73. The molecule has 3 rings (SSSR count). The summed E-state index contributed by atoms with van der Waals surface area (Å²) in [5, 5.41) is 4.11. The number of methoxy groups -OCH3 is 3. The summed E-state index contributed by atoms with van der Waals surface area (Å²) in [7, 11) is 4.43. The van der Waals surface area contributed by atoms with Gasteiger partial charge in [0.1, 0.15) is 5.71 Å². The summed E-state index contributed by atoms with van der Waals surface area (Å²) in [6, 6.07) is 16.0. The number of carbonyl (C=O) groups is 1. The van der Waals surface area contributed by atoms with E-state index in [1.165, 1.54) is 33.5 Å². The summed E-state index contributed by atoms with van der Waals surface area (Å²) >= 11 is 0. The van der Waals surface area contributed by atoms with Crippen molar-refractivity contribution < 1.29 is 23.8 Å². The van der Waals surface area contributed by atoms with Gasteiger partial charge in [-0.1, -0.05) is 35.5 Å². The minimum absolute atomic E-state index is 0.210. The van der Waals surface area contributed by atoms with Gasteiger partial charge in [-0.2, -0.15) is 0 Å². The molecule has 0 aliphatic rings. The third-order valence-electron chi connectivity index (χ3n) is 4.10. The highest BCUT2D eigenvalue weighted by molar-refractivity contribution is 6.12. The van der Waals surface area contributed by atoms with Crippen LogP contribution in [0.3, 0.4) is 0 Å². The Morgan fingerprint density at radius 2 is 1.48 bits per heavy atom. The number of hydrogen-bond donors (Lipinski definition) is 0. The second-order valence-corrected chi connectivity index (χ2v) is 5.84. The zero-order valence-corrected chi connectivity index (χ0v) is 16.3. The van der Waals surface area contributed by atoms with E-state index in [2.05, 4.69) is 10.1 Å². The Labute approximate surface area is 168 Å². The zero-order valence-electron chi connectivity index (χ0n) is 16.3. The molecule has 29 heavy (non-hydrogen) atoms. The number of pyridine rings is 1. The monoisotopic (exact) mass is 392 g/mol. The van der Waals surface area contributed by atoms with Gasteiger partial charge in [0.05, 0.1) is 26.9 Å². The molecule has 0 saturated heterocycles. The highest BCUT2D eigenvalue weighted by Crippen LogP contribution is 2.38. The van der Waals surface area contributed by atoms with Crippen molar-refractivity contribution in [2.45, 2.75) is 0 Å². The second kappa shape index (κ2) is 9.36. The normalized spacial score (nSPS) is 10.9. The Morgan fingerprint density at radius 3 is 2.03 bits per heavy atom. The number of oxime groups is 1. The lowest BCUT2D eigenvalue weighted by Gasteiger charge is -2.13. The quantitative estimate of drug-likeness (QED) is 0.346. The molecule has 0 saturated carbocycles. The maximum absolute atomic E-state index is 12.7. The van der Waals surface area contributed by atoms with Crippen molar-refractivity contribution in [2.24, 2.45) is 5.16 Å². The lowest BCUT2D eigenvalue weighted by molar-refractivity contribution is 0.0516. The van der Waals surface area contributed by atoms with Crippen molar-refractivity contribution in [1.29, 1.82) is 0 Å². The highest BCUT2D eigenvalue weighted by atomic mass is 16.7. The van der Waals surface area contributed by atoms with E-state index in [1.54, 1.807) is 18.5 Å². The van der Waals surface area contributed by atoms with E-state index in [9.17, 15) is 4.79 Å². The first-order valence-electron chi connectivity index (χ1n) is 8.73. The molecular weight excluding hydrogens is 372 g/mol. The van der Waals surface area contributed by atoms with Gasteiger partial charge >= 0.3 is 5.97 Å². The van der Waals surface area contributed by atoms with Crippen LogP contribution in [0.4, 0.5) is 0 Å². The summed E-state index contributed by atoms with van der Waals surface area (Å²) in [5.74, 6) is 0.411. The van der Waals surface area contributed by atoms with Gasteiger partial charge in [0.25, 0.3) is 0 Å². The van der Waals surface area contributed by atoms with E-state index in [-0.39, 0.29) is 5.56 Å². The van der Waals surface area contributed by atoms with Crippen molar-refractivity contribution in [3.8, 4) is 17.2 Å². The number of rotatable bonds is 7. The maximum atomic E-state index is 12.7. The summed E-state index contributed by atoms with van der Waals surface area (Å²) in [5.41, 5.74) is 2.20. The van der Waals surface area contributed by atoms with Gasteiger partial charge in [0, 0.05) is 23.5 Å². The number of ether oxygens (including phenoxy) is 3. The average molecular weight is 392 g/mol. The van der Waals surface area contributed by atoms with Crippen LogP contribution in [0.5, 0.6) is 17.2 Å². The standard InChI is InChI=1S/C22H20N2O5/c1-26-18-12-17(13-19(27-2)21(18)28-3)22(25)29-24-20(15-8-5-4-6-9-15)16-10-7-11-23-14-16/h4-14H,1-3H3/b24-20+. The SMILES string of the molecule is COc1cc(C(=O)O/N=C(\c2ccccc2)c2cccnc2)cc(OC)c1OC. The van der Waals surface area contributed by atoms with Crippen LogP contribution < -0.4 is 14.2 Å². The van der Waals surface area contributed by atoms with Gasteiger partial charge in [-0.3, -0.25) is 4.98 Å². The van der Waals surface area contributed by atoms with Crippen LogP contribution in [0, 0.1) is 0 Å². The van der Waals surface area contributed by atoms with Gasteiger partial charge < -0.3 is 19.0 Å². The molecule has 7 heteroatoms. The summed E-state index contributed by atoms with van der Waals surface area (Å²) in [4.78, 5) is 22.0. The predicted molar refractivity (Wildman–Crippen MR) is 108 cm³/mol. The predicted octanol–water partition coefficient (Wildman–Crippen LogP) is 3.72. The molecule has 0 amide bonds. The number of hydrogen-bond acceptors (Lipinski definition) is 7. The molecule has 0 fully saturated rings. The molecule has 0 atom stereocenters. The minimum Gasteiger partial charge on any atom is -0.493 e. The van der Waals surface area contributed by atoms with Gasteiger partial charge in [-0.25, -0.2) is 4.79 Å². The van der Waals surface area contributed by atoms with Crippen LogP contribution in [0.15, 0.2) is 72.1 Å². The molecule has 7 nitrogen and oxygen atoms in total. The van der Waals surface area contributed by atoms with E-state index in [0.29, 0.717) is 23.0 Å². The van der Waals surface area contributed by atoms with Gasteiger partial charge in [0.15, 0.2) is 11.5 Å². The molecule has 0 aliphatic carbocycles. The molecule has 0 spiro atoms. The number of nitrogens with zero attached hydrogens (tertiary/aromatic N) is 2. The molecule has 3 aromatic rings. The van der Waals surface area contributed by atoms with Gasteiger partial charge in [0.2, 0.25) is 5.75 Å². The molecule has 2 aromatic carbocycles. The third-order valence-corrected chi connectivity index (χ3v) is 4.10. The van der Waals surface area contributed by atoms with Crippen LogP contribution in [0.2, 0.25) is 0 Å². The van der Waals surface area contributed by atoms with E-state index in [1.807, 2.05) is 36.4 Å². The van der Waals surface area contributed by atoms with Crippen molar-refractivity contribution in [3.63, 3.8) is 0 Å². The molecule has 0 radical (unpaired) electrons. The van der Waals surface area contributed by atoms with E-state index in [0.717, 1.165) is 11.1 Å². The first kappa shape index (κ1) is 19.9. The van der Waals surface area contributed by atoms with Crippen molar-refractivity contribution in [1.82, 2.24) is 4.98 Å². The largest absolute Gasteiger partial charge is 0.493 e. The smallest absolute Gasteiger partial charge is 0.366 e. The second-order valence-electron chi connectivity index (χ2n) is 5.84. The Morgan fingerprint density at radius 1 is 0.828 bits per heavy atom. The lowest BCUT2D eigenvalue weighted by Crippen LogP contribution is -2.09. The van der Waals surface area contributed by atoms with E-state index < -0.39 is 5.97 Å². The van der Waals surface area contributed by atoms with Crippen LogP contribution in [-0.4, -0.2) is 38.0 Å². The van der Waals surface area contributed by atoms with Crippen molar-refractivity contribution >= 4 is 11.7 Å². The average Bonchev–Trinajstić information content (AvgIpc) is 2.79. The first-order chi connectivity index (χ1) is 14.2. The van der Waals surface area contributed by atoms with E-state index >= 15 is 0 Å². The van der Waals surface area contributed by atoms with Crippen molar-refractivity contribution in [2.75, 3.05) is 21.3 Å². The summed E-state index contributed by atoms with van der Waals surface area (Å²) in [6.07, 6.45) is 3.31. The van der Waals surface area contributed by atoms with Crippen LogP contribution >= 0.6 is 0 Å². The van der Waals surface area contributed by atoms with Gasteiger partial charge in [-0.05, 0) is 24.3 Å². The third kappa shape index (κ3) is 4.52. The molecule has 1 aromatic heterocycles. The molecule has 0 unspecified atom stereocenters. The molecule has 148 valence electrons. The maximum Gasteiger partial charge on any atom is 0.366 e. The van der Waals surface area contributed by atoms with E-state index in [4.69, 9.17) is 19.0 Å². The summed E-state index contributed by atoms with van der Waals surface area (Å²) in [6.45, 7) is 0. The number of carbonyl (C=O) groups excluding carboxylic acids is 1.